The van der Waals surface area contributed by atoms with Crippen molar-refractivity contribution in [2.24, 2.45) is 0 Å². The molecule has 3 aromatic rings. The van der Waals surface area contributed by atoms with Crippen molar-refractivity contribution in [3.63, 3.8) is 0 Å². The number of rotatable bonds is 6. The molecule has 2 aromatic carbocycles. The minimum absolute atomic E-state index is 0.180. The number of hydrogen-bond donors (Lipinski definition) is 1. The fraction of sp³-hybridized carbons (Fsp3) is 0.278. The highest BCUT2D eigenvalue weighted by molar-refractivity contribution is 6.32. The first-order valence-electron chi connectivity index (χ1n) is 7.68. The Morgan fingerprint density at radius 2 is 1.91 bits per heavy atom. The van der Waals surface area contributed by atoms with Crippen LogP contribution in [0.4, 0.5) is 0 Å². The van der Waals surface area contributed by atoms with E-state index in [1.165, 1.54) is 0 Å². The minimum Gasteiger partial charge on any atom is -0.489 e. The Morgan fingerprint density at radius 3 is 2.70 bits per heavy atom. The minimum atomic E-state index is -0.644. The molecule has 0 radical (unpaired) electrons. The van der Waals surface area contributed by atoms with Gasteiger partial charge < -0.3 is 14.4 Å². The Bertz CT molecular complexity index is 801. The predicted octanol–water partition coefficient (Wildman–Crippen LogP) is 3.69. The molecule has 1 aromatic heterocycles. The summed E-state index contributed by atoms with van der Waals surface area (Å²) < 4.78 is 7.67. The monoisotopic (exact) mass is 330 g/mol. The van der Waals surface area contributed by atoms with Gasteiger partial charge in [0.05, 0.1) is 22.6 Å². The molecule has 4 nitrogen and oxygen atoms in total. The number of hydrogen-bond acceptors (Lipinski definition) is 3. The number of aromatic nitrogens is 2. The van der Waals surface area contributed by atoms with Crippen LogP contribution in [0.15, 0.2) is 48.5 Å². The molecular weight excluding hydrogens is 312 g/mol. The van der Waals surface area contributed by atoms with Gasteiger partial charge in [-0.2, -0.15) is 0 Å². The number of fused-ring (bicyclic) bond motifs is 1. The van der Waals surface area contributed by atoms with Crippen molar-refractivity contribution in [3.8, 4) is 5.75 Å². The normalized spacial score (nSPS) is 12.5. The number of imidazole rings is 1. The first kappa shape index (κ1) is 15.8. The third-order valence-corrected chi connectivity index (χ3v) is 4.02. The third-order valence-electron chi connectivity index (χ3n) is 3.71. The van der Waals surface area contributed by atoms with Gasteiger partial charge in [0.25, 0.3) is 0 Å². The lowest BCUT2D eigenvalue weighted by molar-refractivity contribution is 0.0928. The zero-order valence-corrected chi connectivity index (χ0v) is 13.7. The third kappa shape index (κ3) is 3.49. The van der Waals surface area contributed by atoms with Crippen LogP contribution in [0.25, 0.3) is 11.0 Å². The largest absolute Gasteiger partial charge is 0.489 e. The average Bonchev–Trinajstić information content (AvgIpc) is 2.92. The predicted molar refractivity (Wildman–Crippen MR) is 92.1 cm³/mol. The Morgan fingerprint density at radius 1 is 1.17 bits per heavy atom. The first-order valence-corrected chi connectivity index (χ1v) is 8.06. The van der Waals surface area contributed by atoms with Crippen molar-refractivity contribution in [1.29, 1.82) is 0 Å². The van der Waals surface area contributed by atoms with E-state index in [1.54, 1.807) is 12.1 Å². The Balaban J connectivity index is 1.73. The van der Waals surface area contributed by atoms with E-state index < -0.39 is 6.10 Å². The van der Waals surface area contributed by atoms with Crippen LogP contribution in [-0.4, -0.2) is 27.4 Å². The molecule has 0 aliphatic rings. The number of ether oxygens (including phenoxy) is 1. The summed E-state index contributed by atoms with van der Waals surface area (Å²) in [6, 6.07) is 15.2. The van der Waals surface area contributed by atoms with Crippen molar-refractivity contribution >= 4 is 22.6 Å². The Labute approximate surface area is 140 Å². The molecule has 0 amide bonds. The lowest BCUT2D eigenvalue weighted by atomic mass is 10.3. The maximum absolute atomic E-state index is 10.3. The molecule has 0 aliphatic heterocycles. The van der Waals surface area contributed by atoms with Crippen LogP contribution in [0.2, 0.25) is 5.02 Å². The van der Waals surface area contributed by atoms with Crippen molar-refractivity contribution < 1.29 is 9.84 Å². The van der Waals surface area contributed by atoms with Crippen LogP contribution in [0.3, 0.4) is 0 Å². The molecule has 3 rings (SSSR count). The van der Waals surface area contributed by atoms with Crippen LogP contribution in [0.5, 0.6) is 5.75 Å². The highest BCUT2D eigenvalue weighted by Gasteiger charge is 2.14. The molecule has 1 unspecified atom stereocenters. The Kier molecular flexibility index (Phi) is 4.84. The molecule has 1 N–H and O–H groups in total. The van der Waals surface area contributed by atoms with Gasteiger partial charge in [-0.05, 0) is 24.3 Å². The SMILES string of the molecule is CCc1nc2ccccc2n1CC(O)COc1ccccc1Cl. The first-order chi connectivity index (χ1) is 11.2. The standard InChI is InChI=1S/C18H19ClN2O2/c1-2-18-20-15-8-4-5-9-16(15)21(18)11-13(22)12-23-17-10-6-3-7-14(17)19/h3-10,13,22H,2,11-12H2,1H3. The van der Waals surface area contributed by atoms with E-state index in [4.69, 9.17) is 16.3 Å². The molecular formula is C18H19ClN2O2. The fourth-order valence-electron chi connectivity index (χ4n) is 2.61. The van der Waals surface area contributed by atoms with Crippen LogP contribution in [0.1, 0.15) is 12.7 Å². The second-order valence-corrected chi connectivity index (χ2v) is 5.78. The van der Waals surface area contributed by atoms with Crippen molar-refractivity contribution in [3.05, 3.63) is 59.4 Å². The molecule has 5 heteroatoms. The fourth-order valence-corrected chi connectivity index (χ4v) is 2.80. The van der Waals surface area contributed by atoms with E-state index in [2.05, 4.69) is 16.5 Å². The van der Waals surface area contributed by atoms with E-state index >= 15 is 0 Å². The second-order valence-electron chi connectivity index (χ2n) is 5.38. The van der Waals surface area contributed by atoms with Crippen LogP contribution in [-0.2, 0) is 13.0 Å². The van der Waals surface area contributed by atoms with Crippen molar-refractivity contribution in [2.45, 2.75) is 26.0 Å². The summed E-state index contributed by atoms with van der Waals surface area (Å²) >= 11 is 6.05. The van der Waals surface area contributed by atoms with Crippen molar-refractivity contribution in [1.82, 2.24) is 9.55 Å². The number of nitrogens with zero attached hydrogens (tertiary/aromatic N) is 2. The van der Waals surface area contributed by atoms with E-state index in [0.717, 1.165) is 23.3 Å². The molecule has 0 spiro atoms. The maximum Gasteiger partial charge on any atom is 0.138 e. The smallest absolute Gasteiger partial charge is 0.138 e. The zero-order valence-electron chi connectivity index (χ0n) is 12.9. The summed E-state index contributed by atoms with van der Waals surface area (Å²) in [5.41, 5.74) is 1.98. The molecule has 0 saturated heterocycles. The van der Waals surface area contributed by atoms with Gasteiger partial charge in [0.15, 0.2) is 0 Å². The summed E-state index contributed by atoms with van der Waals surface area (Å²) in [6.07, 6.45) is 0.168. The molecule has 23 heavy (non-hydrogen) atoms. The molecule has 0 aliphatic carbocycles. The number of para-hydroxylation sites is 3. The van der Waals surface area contributed by atoms with Gasteiger partial charge in [-0.25, -0.2) is 4.98 Å². The molecule has 0 bridgehead atoms. The summed E-state index contributed by atoms with van der Waals surface area (Å²) in [5.74, 6) is 1.54. The number of aliphatic hydroxyl groups is 1. The number of aliphatic hydroxyl groups excluding tert-OH is 1. The Hall–Kier alpha value is -2.04. The highest BCUT2D eigenvalue weighted by Crippen LogP contribution is 2.23. The number of benzene rings is 2. The van der Waals surface area contributed by atoms with E-state index in [9.17, 15) is 5.11 Å². The van der Waals surface area contributed by atoms with Crippen LogP contribution in [0, 0.1) is 0 Å². The quantitative estimate of drug-likeness (QED) is 0.749. The van der Waals surface area contributed by atoms with Gasteiger partial charge in [-0.3, -0.25) is 0 Å². The highest BCUT2D eigenvalue weighted by atomic mass is 35.5. The average molecular weight is 331 g/mol. The van der Waals surface area contributed by atoms with Gasteiger partial charge in [0.2, 0.25) is 0 Å². The van der Waals surface area contributed by atoms with E-state index in [1.807, 2.05) is 36.4 Å². The van der Waals surface area contributed by atoms with Gasteiger partial charge in [-0.1, -0.05) is 42.8 Å². The maximum atomic E-state index is 10.3. The lowest BCUT2D eigenvalue weighted by Crippen LogP contribution is -2.24. The van der Waals surface area contributed by atoms with Crippen molar-refractivity contribution in [2.75, 3.05) is 6.61 Å². The molecule has 0 fully saturated rings. The molecule has 120 valence electrons. The van der Waals surface area contributed by atoms with E-state index in [-0.39, 0.29) is 6.61 Å². The lowest BCUT2D eigenvalue weighted by Gasteiger charge is -2.15. The molecule has 1 heterocycles. The topological polar surface area (TPSA) is 47.3 Å². The number of halogens is 1. The summed E-state index contributed by atoms with van der Waals surface area (Å²) in [7, 11) is 0. The summed E-state index contributed by atoms with van der Waals surface area (Å²) in [6.45, 7) is 2.68. The summed E-state index contributed by atoms with van der Waals surface area (Å²) in [4.78, 5) is 4.61. The summed E-state index contributed by atoms with van der Waals surface area (Å²) in [5, 5.41) is 10.9. The van der Waals surface area contributed by atoms with Gasteiger partial charge in [0, 0.05) is 6.42 Å². The van der Waals surface area contributed by atoms with Crippen LogP contribution < -0.4 is 4.74 Å². The van der Waals surface area contributed by atoms with E-state index in [0.29, 0.717) is 17.3 Å². The van der Waals surface area contributed by atoms with Gasteiger partial charge in [0.1, 0.15) is 24.3 Å². The van der Waals surface area contributed by atoms with Crippen LogP contribution >= 0.6 is 11.6 Å². The van der Waals surface area contributed by atoms with Gasteiger partial charge in [-0.15, -0.1) is 0 Å². The molecule has 0 saturated carbocycles. The number of aryl methyl sites for hydroxylation is 1. The second kappa shape index (κ2) is 7.02. The van der Waals surface area contributed by atoms with Gasteiger partial charge >= 0.3 is 0 Å². The zero-order chi connectivity index (χ0) is 16.2. The molecule has 1 atom stereocenters.